The highest BCUT2D eigenvalue weighted by Gasteiger charge is 2.29. The largest absolute Gasteiger partial charge is 0.489 e. The maximum atomic E-state index is 15.5. The number of aromatic nitrogens is 2. The zero-order chi connectivity index (χ0) is 24.6. The summed E-state index contributed by atoms with van der Waals surface area (Å²) in [6.45, 7) is 3.51. The van der Waals surface area contributed by atoms with E-state index in [1.807, 2.05) is 0 Å². The van der Waals surface area contributed by atoms with Crippen LogP contribution in [0.2, 0.25) is 0 Å². The maximum absolute atomic E-state index is 15.5. The quantitative estimate of drug-likeness (QED) is 0.483. The number of halogens is 1. The Morgan fingerprint density at radius 3 is 2.68 bits per heavy atom. The molecule has 174 valence electrons. The molecular formula is C25H25FN6O2. The summed E-state index contributed by atoms with van der Waals surface area (Å²) in [4.78, 5) is 16.7. The van der Waals surface area contributed by atoms with Gasteiger partial charge in [-0.3, -0.25) is 9.79 Å². The molecule has 0 bridgehead atoms. The molecule has 2 aromatic carbocycles. The molecule has 1 aromatic heterocycles. The van der Waals surface area contributed by atoms with E-state index >= 15 is 4.39 Å². The molecule has 0 saturated heterocycles. The van der Waals surface area contributed by atoms with E-state index < -0.39 is 5.82 Å². The smallest absolute Gasteiger partial charge is 0.272 e. The van der Waals surface area contributed by atoms with Gasteiger partial charge in [-0.1, -0.05) is 6.07 Å². The number of nitrogens with zero attached hydrogens (tertiary/aromatic N) is 3. The fourth-order valence-corrected chi connectivity index (χ4v) is 4.09. The third kappa shape index (κ3) is 3.93. The molecule has 1 aliphatic rings. The van der Waals surface area contributed by atoms with Crippen molar-refractivity contribution in [1.82, 2.24) is 10.2 Å². The van der Waals surface area contributed by atoms with Crippen LogP contribution in [0.25, 0.3) is 16.3 Å². The van der Waals surface area contributed by atoms with Gasteiger partial charge in [0.15, 0.2) is 0 Å². The maximum Gasteiger partial charge on any atom is 0.272 e. The second-order valence-electron chi connectivity index (χ2n) is 8.26. The zero-order valence-electron chi connectivity index (χ0n) is 19.2. The van der Waals surface area contributed by atoms with Gasteiger partial charge in [-0.25, -0.2) is 9.49 Å². The number of aliphatic imine (C=N–C) groups is 1. The summed E-state index contributed by atoms with van der Waals surface area (Å²) in [6.07, 6.45) is 3.13. The summed E-state index contributed by atoms with van der Waals surface area (Å²) in [7, 11) is 1.51. The number of aryl methyl sites for hydroxylation is 2. The van der Waals surface area contributed by atoms with E-state index in [1.54, 1.807) is 32.0 Å². The number of ether oxygens (including phenoxy) is 1. The van der Waals surface area contributed by atoms with Crippen molar-refractivity contribution in [2.45, 2.75) is 39.3 Å². The highest BCUT2D eigenvalue weighted by atomic mass is 19.1. The summed E-state index contributed by atoms with van der Waals surface area (Å²) in [5, 5.41) is 17.5. The molecular weight excluding hydrogens is 435 g/mol. The fraction of sp³-hybridized carbons (Fsp3) is 0.280. The minimum absolute atomic E-state index is 0.0261. The molecule has 0 radical (unpaired) electrons. The minimum atomic E-state index is -0.571. The Labute approximate surface area is 195 Å². The van der Waals surface area contributed by atoms with Gasteiger partial charge in [-0.2, -0.15) is 10.4 Å². The lowest BCUT2D eigenvalue weighted by atomic mass is 9.89. The van der Waals surface area contributed by atoms with Crippen LogP contribution >= 0.6 is 0 Å². The summed E-state index contributed by atoms with van der Waals surface area (Å²) in [6, 6.07) is 7.13. The van der Waals surface area contributed by atoms with Gasteiger partial charge in [0.2, 0.25) is 0 Å². The van der Waals surface area contributed by atoms with Crippen molar-refractivity contribution in [1.29, 1.82) is 5.26 Å². The van der Waals surface area contributed by atoms with E-state index in [-0.39, 0.29) is 35.0 Å². The first kappa shape index (κ1) is 23.1. The number of rotatable bonds is 6. The third-order valence-electron chi connectivity index (χ3n) is 5.89. The van der Waals surface area contributed by atoms with Crippen molar-refractivity contribution in [2.24, 2.45) is 16.5 Å². The SMILES string of the molecule is CN=C(/C(=C\N)c1cc(C)c2c(=O)[nH]nc(CN)c2c1)c1c(F)c(C)cc(OC2CC2)c1C#N. The van der Waals surface area contributed by atoms with Crippen LogP contribution in [-0.2, 0) is 6.54 Å². The standard InChI is InChI=1S/C25H25FN6O2/c1-12-6-14(8-16-19(11-29)31-32-25(33)21(12)16)17(9-27)24(30-3)22-18(10-28)20(34-15-4-5-15)7-13(2)23(22)26/h6-9,15H,4-5,11,27,29H2,1-3H3,(H,32,33)/b17-9-,30-24?. The van der Waals surface area contributed by atoms with E-state index in [4.69, 9.17) is 16.2 Å². The molecule has 0 atom stereocenters. The molecule has 0 amide bonds. The summed E-state index contributed by atoms with van der Waals surface area (Å²) < 4.78 is 21.4. The Bertz CT molecular complexity index is 1460. The molecule has 9 heteroatoms. The molecule has 0 spiro atoms. The van der Waals surface area contributed by atoms with Gasteiger partial charge in [0.25, 0.3) is 5.56 Å². The Kier molecular flexibility index (Phi) is 6.18. The zero-order valence-corrected chi connectivity index (χ0v) is 19.2. The average molecular weight is 461 g/mol. The average Bonchev–Trinajstić information content (AvgIpc) is 3.64. The van der Waals surface area contributed by atoms with Crippen LogP contribution in [0.4, 0.5) is 4.39 Å². The van der Waals surface area contributed by atoms with Crippen molar-refractivity contribution in [3.05, 3.63) is 74.1 Å². The van der Waals surface area contributed by atoms with Crippen LogP contribution in [0.15, 0.2) is 34.2 Å². The van der Waals surface area contributed by atoms with Crippen LogP contribution in [0.1, 0.15) is 46.4 Å². The lowest BCUT2D eigenvalue weighted by Crippen LogP contribution is -2.16. The first-order valence-electron chi connectivity index (χ1n) is 10.9. The number of hydrogen-bond donors (Lipinski definition) is 3. The van der Waals surface area contributed by atoms with E-state index in [0.717, 1.165) is 12.8 Å². The predicted molar refractivity (Wildman–Crippen MR) is 129 cm³/mol. The molecule has 34 heavy (non-hydrogen) atoms. The monoisotopic (exact) mass is 460 g/mol. The Morgan fingerprint density at radius 2 is 2.09 bits per heavy atom. The second-order valence-corrected chi connectivity index (χ2v) is 8.26. The number of nitrogens with two attached hydrogens (primary N) is 2. The molecule has 1 saturated carbocycles. The first-order chi connectivity index (χ1) is 16.3. The van der Waals surface area contributed by atoms with Crippen LogP contribution in [-0.4, -0.2) is 29.1 Å². The number of aromatic amines is 1. The lowest BCUT2D eigenvalue weighted by molar-refractivity contribution is 0.301. The third-order valence-corrected chi connectivity index (χ3v) is 5.89. The Hall–Kier alpha value is -4.03. The van der Waals surface area contributed by atoms with Crippen molar-refractivity contribution in [3.8, 4) is 11.8 Å². The molecule has 1 heterocycles. The molecule has 1 aliphatic carbocycles. The van der Waals surface area contributed by atoms with Gasteiger partial charge in [0, 0.05) is 30.8 Å². The number of benzene rings is 2. The normalized spacial score (nSPS) is 14.4. The second kappa shape index (κ2) is 9.08. The van der Waals surface area contributed by atoms with Crippen molar-refractivity contribution in [2.75, 3.05) is 7.05 Å². The van der Waals surface area contributed by atoms with Gasteiger partial charge < -0.3 is 16.2 Å². The van der Waals surface area contributed by atoms with Crippen molar-refractivity contribution in [3.63, 3.8) is 0 Å². The topological polar surface area (TPSA) is 143 Å². The van der Waals surface area contributed by atoms with Crippen LogP contribution < -0.4 is 21.8 Å². The van der Waals surface area contributed by atoms with Gasteiger partial charge in [0.05, 0.1) is 28.5 Å². The predicted octanol–water partition coefficient (Wildman–Crippen LogP) is 2.97. The van der Waals surface area contributed by atoms with Gasteiger partial charge in [0.1, 0.15) is 23.2 Å². The number of nitrogens with one attached hydrogen (secondary N) is 1. The number of fused-ring (bicyclic) bond motifs is 1. The lowest BCUT2D eigenvalue weighted by Gasteiger charge is -2.18. The van der Waals surface area contributed by atoms with Gasteiger partial charge in [-0.15, -0.1) is 0 Å². The summed E-state index contributed by atoms with van der Waals surface area (Å²) in [5.74, 6) is -0.245. The number of H-pyrrole nitrogens is 1. The van der Waals surface area contributed by atoms with E-state index in [1.165, 1.54) is 13.2 Å². The molecule has 1 fully saturated rings. The molecule has 8 nitrogen and oxygen atoms in total. The molecule has 0 unspecified atom stereocenters. The number of nitriles is 1. The highest BCUT2D eigenvalue weighted by molar-refractivity contribution is 6.33. The van der Waals surface area contributed by atoms with E-state index in [2.05, 4.69) is 21.3 Å². The van der Waals surface area contributed by atoms with Gasteiger partial charge >= 0.3 is 0 Å². The highest BCUT2D eigenvalue weighted by Crippen LogP contribution is 2.36. The van der Waals surface area contributed by atoms with Crippen LogP contribution in [0, 0.1) is 31.0 Å². The number of hydrogen-bond acceptors (Lipinski definition) is 7. The van der Waals surface area contributed by atoms with E-state index in [9.17, 15) is 10.1 Å². The summed E-state index contributed by atoms with van der Waals surface area (Å²) in [5.41, 5.74) is 14.3. The minimum Gasteiger partial charge on any atom is -0.489 e. The van der Waals surface area contributed by atoms with Crippen molar-refractivity contribution < 1.29 is 9.13 Å². The van der Waals surface area contributed by atoms with Crippen LogP contribution in [0.5, 0.6) is 5.75 Å². The molecule has 0 aliphatic heterocycles. The van der Waals surface area contributed by atoms with E-state index in [0.29, 0.717) is 44.5 Å². The Morgan fingerprint density at radius 1 is 1.35 bits per heavy atom. The summed E-state index contributed by atoms with van der Waals surface area (Å²) >= 11 is 0. The first-order valence-corrected chi connectivity index (χ1v) is 10.9. The van der Waals surface area contributed by atoms with Gasteiger partial charge in [-0.05, 0) is 55.5 Å². The van der Waals surface area contributed by atoms with Crippen molar-refractivity contribution >= 4 is 22.1 Å². The molecule has 4 rings (SSSR count). The Balaban J connectivity index is 1.95. The van der Waals surface area contributed by atoms with Crippen LogP contribution in [0.3, 0.4) is 0 Å². The number of allylic oxidation sites excluding steroid dienone is 1. The molecule has 3 aromatic rings. The molecule has 5 N–H and O–H groups in total. The fourth-order valence-electron chi connectivity index (χ4n) is 4.09.